The highest BCUT2D eigenvalue weighted by Gasteiger charge is 2.45. The number of carboxylic acids is 1. The van der Waals surface area contributed by atoms with Gasteiger partial charge in [0.05, 0.1) is 5.56 Å². The molecular formula is C11H11F3N2O4S. The first-order chi connectivity index (χ1) is 9.61. The Bertz CT molecular complexity index is 638. The number of pyridine rings is 1. The van der Waals surface area contributed by atoms with Crippen molar-refractivity contribution < 1.29 is 31.5 Å². The lowest BCUT2D eigenvalue weighted by molar-refractivity contribution is -0.137. The van der Waals surface area contributed by atoms with Crippen LogP contribution in [0.5, 0.6) is 0 Å². The summed E-state index contributed by atoms with van der Waals surface area (Å²) in [6, 6.07) is 1.20. The summed E-state index contributed by atoms with van der Waals surface area (Å²) in [5.74, 6) is -1.30. The van der Waals surface area contributed by atoms with Crippen molar-refractivity contribution in [2.45, 2.75) is 30.1 Å². The summed E-state index contributed by atoms with van der Waals surface area (Å²) in [6.07, 6.45) is -3.13. The molecule has 1 saturated carbocycles. The highest BCUT2D eigenvalue weighted by Crippen LogP contribution is 2.34. The predicted octanol–water partition coefficient (Wildman–Crippen LogP) is 1.50. The smallest absolute Gasteiger partial charge is 0.402 e. The van der Waals surface area contributed by atoms with E-state index in [0.29, 0.717) is 17.1 Å². The van der Waals surface area contributed by atoms with Crippen molar-refractivity contribution in [1.29, 1.82) is 0 Å². The van der Waals surface area contributed by atoms with E-state index in [1.807, 2.05) is 0 Å². The molecule has 0 bridgehead atoms. The van der Waals surface area contributed by atoms with E-state index >= 15 is 0 Å². The van der Waals surface area contributed by atoms with Gasteiger partial charge in [0.2, 0.25) is 0 Å². The summed E-state index contributed by atoms with van der Waals surface area (Å²) in [5.41, 5.74) is -0.247. The number of aromatic carboxylic acids is 1. The van der Waals surface area contributed by atoms with Gasteiger partial charge in [0.25, 0.3) is 10.0 Å². The monoisotopic (exact) mass is 324 g/mol. The van der Waals surface area contributed by atoms with Gasteiger partial charge in [-0.15, -0.1) is 0 Å². The third-order valence-corrected chi connectivity index (χ3v) is 4.66. The molecule has 1 aliphatic carbocycles. The number of carbonyl (C=O) groups is 1. The second-order valence-electron chi connectivity index (χ2n) is 4.59. The topological polar surface area (TPSA) is 87.6 Å². The van der Waals surface area contributed by atoms with Gasteiger partial charge in [0.1, 0.15) is 6.54 Å². The van der Waals surface area contributed by atoms with Crippen LogP contribution in [0.2, 0.25) is 0 Å². The van der Waals surface area contributed by atoms with Gasteiger partial charge in [-0.2, -0.15) is 17.5 Å². The van der Waals surface area contributed by atoms with E-state index in [0.717, 1.165) is 18.3 Å². The van der Waals surface area contributed by atoms with Crippen molar-refractivity contribution in [3.8, 4) is 0 Å². The Morgan fingerprint density at radius 1 is 1.38 bits per heavy atom. The second kappa shape index (κ2) is 5.26. The van der Waals surface area contributed by atoms with E-state index in [2.05, 4.69) is 4.98 Å². The fourth-order valence-corrected chi connectivity index (χ4v) is 3.31. The molecule has 1 heterocycles. The Morgan fingerprint density at radius 3 is 2.38 bits per heavy atom. The Hall–Kier alpha value is -1.68. The molecule has 0 saturated heterocycles. The normalized spacial score (nSPS) is 16.2. The molecule has 0 radical (unpaired) electrons. The van der Waals surface area contributed by atoms with Crippen LogP contribution in [0.1, 0.15) is 23.2 Å². The van der Waals surface area contributed by atoms with Crippen LogP contribution in [-0.4, -0.2) is 47.5 Å². The molecule has 0 unspecified atom stereocenters. The van der Waals surface area contributed by atoms with E-state index in [-0.39, 0.29) is 5.56 Å². The average molecular weight is 324 g/mol. The fourth-order valence-electron chi connectivity index (χ4n) is 1.73. The summed E-state index contributed by atoms with van der Waals surface area (Å²) in [4.78, 5) is 14.1. The molecule has 1 fully saturated rings. The molecule has 0 spiro atoms. The molecule has 1 aliphatic rings. The largest absolute Gasteiger partial charge is 0.478 e. The number of alkyl halides is 3. The number of nitrogens with zero attached hydrogens (tertiary/aromatic N) is 2. The van der Waals surface area contributed by atoms with Crippen LogP contribution in [0.25, 0.3) is 0 Å². The van der Waals surface area contributed by atoms with Crippen molar-refractivity contribution in [2.75, 3.05) is 6.54 Å². The second-order valence-corrected chi connectivity index (χ2v) is 6.42. The number of sulfonamides is 1. The lowest BCUT2D eigenvalue weighted by Gasteiger charge is -2.22. The lowest BCUT2D eigenvalue weighted by Crippen LogP contribution is -2.40. The van der Waals surface area contributed by atoms with Crippen LogP contribution in [0.15, 0.2) is 23.4 Å². The summed E-state index contributed by atoms with van der Waals surface area (Å²) in [6.45, 7) is -1.58. The molecule has 1 aromatic rings. The molecule has 0 aromatic carbocycles. The van der Waals surface area contributed by atoms with E-state index in [1.54, 1.807) is 0 Å². The van der Waals surface area contributed by atoms with Gasteiger partial charge >= 0.3 is 12.1 Å². The SMILES string of the molecule is O=C(O)c1ccc(S(=O)(=O)N(CC(F)(F)F)C2CC2)nc1. The first-order valence-corrected chi connectivity index (χ1v) is 7.33. The van der Waals surface area contributed by atoms with E-state index in [1.165, 1.54) is 0 Å². The lowest BCUT2D eigenvalue weighted by atomic mass is 10.3. The van der Waals surface area contributed by atoms with Gasteiger partial charge in [-0.1, -0.05) is 0 Å². The number of rotatable bonds is 5. The third kappa shape index (κ3) is 3.70. The maximum absolute atomic E-state index is 12.5. The number of carboxylic acid groups (broad SMARTS) is 1. The van der Waals surface area contributed by atoms with Crippen LogP contribution in [0.4, 0.5) is 13.2 Å². The van der Waals surface area contributed by atoms with Crippen molar-refractivity contribution >= 4 is 16.0 Å². The van der Waals surface area contributed by atoms with Crippen LogP contribution in [0.3, 0.4) is 0 Å². The zero-order valence-electron chi connectivity index (χ0n) is 10.5. The fraction of sp³-hybridized carbons (Fsp3) is 0.455. The number of hydrogen-bond acceptors (Lipinski definition) is 4. The minimum Gasteiger partial charge on any atom is -0.478 e. The third-order valence-electron chi connectivity index (χ3n) is 2.85. The molecule has 21 heavy (non-hydrogen) atoms. The summed E-state index contributed by atoms with van der Waals surface area (Å²) in [5, 5.41) is 8.10. The van der Waals surface area contributed by atoms with Crippen LogP contribution in [0, 0.1) is 0 Å². The van der Waals surface area contributed by atoms with E-state index in [9.17, 15) is 26.4 Å². The average Bonchev–Trinajstić information content (AvgIpc) is 3.19. The Balaban J connectivity index is 2.32. The van der Waals surface area contributed by atoms with E-state index < -0.39 is 39.8 Å². The molecule has 1 N–H and O–H groups in total. The first-order valence-electron chi connectivity index (χ1n) is 5.89. The maximum Gasteiger partial charge on any atom is 0.402 e. The number of aromatic nitrogens is 1. The number of hydrogen-bond donors (Lipinski definition) is 1. The van der Waals surface area contributed by atoms with Gasteiger partial charge in [-0.3, -0.25) is 0 Å². The molecule has 6 nitrogen and oxygen atoms in total. The molecule has 0 amide bonds. The molecule has 0 atom stereocenters. The van der Waals surface area contributed by atoms with Crippen LogP contribution in [-0.2, 0) is 10.0 Å². The van der Waals surface area contributed by atoms with Crippen molar-refractivity contribution in [1.82, 2.24) is 9.29 Å². The highest BCUT2D eigenvalue weighted by molar-refractivity contribution is 7.89. The Morgan fingerprint density at radius 2 is 2.00 bits per heavy atom. The highest BCUT2D eigenvalue weighted by atomic mass is 32.2. The predicted molar refractivity (Wildman–Crippen MR) is 64.2 cm³/mol. The van der Waals surface area contributed by atoms with Gasteiger partial charge < -0.3 is 5.11 Å². The van der Waals surface area contributed by atoms with E-state index in [4.69, 9.17) is 5.11 Å². The van der Waals surface area contributed by atoms with Crippen LogP contribution < -0.4 is 0 Å². The molecule has 2 rings (SSSR count). The zero-order valence-corrected chi connectivity index (χ0v) is 11.4. The molecule has 0 aliphatic heterocycles. The van der Waals surface area contributed by atoms with Crippen LogP contribution >= 0.6 is 0 Å². The summed E-state index contributed by atoms with van der Waals surface area (Å²) in [7, 11) is -4.40. The van der Waals surface area contributed by atoms with Crippen molar-refractivity contribution in [2.24, 2.45) is 0 Å². The molecular weight excluding hydrogens is 313 g/mol. The Kier molecular flexibility index (Phi) is 3.93. The van der Waals surface area contributed by atoms with Gasteiger partial charge in [-0.25, -0.2) is 18.2 Å². The summed E-state index contributed by atoms with van der Waals surface area (Å²) >= 11 is 0. The maximum atomic E-state index is 12.5. The van der Waals surface area contributed by atoms with Crippen molar-refractivity contribution in [3.05, 3.63) is 23.9 Å². The molecule has 10 heteroatoms. The zero-order chi connectivity index (χ0) is 15.8. The van der Waals surface area contributed by atoms with Gasteiger partial charge in [0, 0.05) is 12.2 Å². The number of halogens is 3. The first kappa shape index (κ1) is 15.7. The Labute approximate surface area is 118 Å². The van der Waals surface area contributed by atoms with Gasteiger partial charge in [0.15, 0.2) is 5.03 Å². The van der Waals surface area contributed by atoms with Gasteiger partial charge in [-0.05, 0) is 25.0 Å². The summed E-state index contributed by atoms with van der Waals surface area (Å²) < 4.78 is 62.3. The minimum atomic E-state index is -4.66. The van der Waals surface area contributed by atoms with Crippen molar-refractivity contribution in [3.63, 3.8) is 0 Å². The minimum absolute atomic E-state index is 0.247. The molecule has 1 aromatic heterocycles. The quantitative estimate of drug-likeness (QED) is 0.887. The molecule has 116 valence electrons. The standard InChI is InChI=1S/C11H11F3N2O4S/c12-11(13,14)6-16(8-2-3-8)21(19,20)9-4-1-7(5-15-9)10(17)18/h1,4-5,8H,2-3,6H2,(H,17,18).